The van der Waals surface area contributed by atoms with Crippen molar-refractivity contribution in [3.8, 4) is 5.75 Å². The highest BCUT2D eigenvalue weighted by Gasteiger charge is 2.20. The van der Waals surface area contributed by atoms with Crippen molar-refractivity contribution in [2.45, 2.75) is 40.0 Å². The van der Waals surface area contributed by atoms with Crippen LogP contribution in [0.5, 0.6) is 5.75 Å². The van der Waals surface area contributed by atoms with Gasteiger partial charge in [-0.1, -0.05) is 6.08 Å². The molecular formula is C25H26N4O4. The Kier molecular flexibility index (Phi) is 5.28. The van der Waals surface area contributed by atoms with Crippen molar-refractivity contribution in [2.24, 2.45) is 0 Å². The first-order valence-electron chi connectivity index (χ1n) is 11.2. The second-order valence-corrected chi connectivity index (χ2v) is 8.30. The summed E-state index contributed by atoms with van der Waals surface area (Å²) in [6.07, 6.45) is 6.56. The Balaban J connectivity index is 1.73. The summed E-state index contributed by atoms with van der Waals surface area (Å²) in [4.78, 5) is 38.3. The summed E-state index contributed by atoms with van der Waals surface area (Å²) >= 11 is 0. The average Bonchev–Trinajstić information content (AvgIpc) is 2.96. The summed E-state index contributed by atoms with van der Waals surface area (Å²) in [5, 5.41) is 2.43. The van der Waals surface area contributed by atoms with Crippen molar-refractivity contribution in [1.82, 2.24) is 15.0 Å². The fraction of sp³-hybridized carbons (Fsp3) is 0.320. The number of H-pyrrole nitrogens is 2. The van der Waals surface area contributed by atoms with Crippen LogP contribution in [0.1, 0.15) is 37.3 Å². The monoisotopic (exact) mass is 446 g/mol. The number of aryl methyl sites for hydroxylation is 2. The molecule has 0 atom stereocenters. The van der Waals surface area contributed by atoms with Crippen LogP contribution < -0.4 is 15.2 Å². The molecule has 3 heterocycles. The largest absolute Gasteiger partial charge is 0.513 e. The van der Waals surface area contributed by atoms with E-state index >= 15 is 0 Å². The average molecular weight is 447 g/mol. The number of hydrogen-bond donors (Lipinski definition) is 2. The van der Waals surface area contributed by atoms with Gasteiger partial charge in [0, 0.05) is 29.0 Å². The zero-order valence-electron chi connectivity index (χ0n) is 18.9. The van der Waals surface area contributed by atoms with Crippen LogP contribution in [0.15, 0.2) is 35.3 Å². The lowest BCUT2D eigenvalue weighted by Crippen LogP contribution is -2.23. The molecule has 0 saturated heterocycles. The molecule has 0 spiro atoms. The molecule has 8 nitrogen and oxygen atoms in total. The van der Waals surface area contributed by atoms with Gasteiger partial charge in [-0.2, -0.15) is 0 Å². The SMILES string of the molecule is CCOC(=O)Oc1ccc2[nH]c3c(C)c4c(=O)[nH]c(N5C=CCCCC5)nc4c(C)c3c2c1. The second-order valence-electron chi connectivity index (χ2n) is 8.30. The van der Waals surface area contributed by atoms with Crippen molar-refractivity contribution in [2.75, 3.05) is 18.1 Å². The number of benzene rings is 2. The number of hydrogen-bond acceptors (Lipinski definition) is 6. The quantitative estimate of drug-likeness (QED) is 0.331. The first-order valence-corrected chi connectivity index (χ1v) is 11.2. The number of aromatic amines is 2. The van der Waals surface area contributed by atoms with E-state index in [2.05, 4.69) is 16.0 Å². The summed E-state index contributed by atoms with van der Waals surface area (Å²) in [6, 6.07) is 5.39. The normalized spacial score (nSPS) is 14.2. The third kappa shape index (κ3) is 3.61. The van der Waals surface area contributed by atoms with Gasteiger partial charge in [-0.05, 0) is 69.4 Å². The van der Waals surface area contributed by atoms with E-state index in [-0.39, 0.29) is 12.2 Å². The predicted octanol–water partition coefficient (Wildman–Crippen LogP) is 5.21. The number of rotatable bonds is 3. The summed E-state index contributed by atoms with van der Waals surface area (Å²) in [6.45, 7) is 6.69. The van der Waals surface area contributed by atoms with E-state index in [1.54, 1.807) is 13.0 Å². The van der Waals surface area contributed by atoms with Crippen molar-refractivity contribution >= 4 is 44.8 Å². The van der Waals surface area contributed by atoms with E-state index in [0.717, 1.165) is 58.7 Å². The third-order valence-electron chi connectivity index (χ3n) is 6.20. The summed E-state index contributed by atoms with van der Waals surface area (Å²) < 4.78 is 10.2. The van der Waals surface area contributed by atoms with E-state index in [1.165, 1.54) is 0 Å². The number of anilines is 1. The number of aromatic nitrogens is 3. The lowest BCUT2D eigenvalue weighted by Gasteiger charge is -2.18. The number of carbonyl (C=O) groups is 1. The molecule has 0 radical (unpaired) electrons. The maximum Gasteiger partial charge on any atom is 0.513 e. The number of fused-ring (bicyclic) bond motifs is 4. The predicted molar refractivity (Wildman–Crippen MR) is 129 cm³/mol. The van der Waals surface area contributed by atoms with Gasteiger partial charge in [0.25, 0.3) is 5.56 Å². The van der Waals surface area contributed by atoms with E-state index in [4.69, 9.17) is 14.5 Å². The minimum absolute atomic E-state index is 0.153. The Morgan fingerprint density at radius 3 is 2.82 bits per heavy atom. The van der Waals surface area contributed by atoms with Gasteiger partial charge in [0.15, 0.2) is 0 Å². The molecular weight excluding hydrogens is 420 g/mol. The van der Waals surface area contributed by atoms with E-state index in [9.17, 15) is 9.59 Å². The number of carbonyl (C=O) groups excluding carboxylic acids is 1. The molecule has 5 rings (SSSR count). The first kappa shape index (κ1) is 21.1. The molecule has 8 heteroatoms. The molecule has 0 aliphatic carbocycles. The Labute approximate surface area is 190 Å². The fourth-order valence-electron chi connectivity index (χ4n) is 4.61. The molecule has 2 aromatic carbocycles. The van der Waals surface area contributed by atoms with Crippen molar-refractivity contribution in [3.63, 3.8) is 0 Å². The molecule has 2 N–H and O–H groups in total. The van der Waals surface area contributed by atoms with Crippen LogP contribution in [0.25, 0.3) is 32.7 Å². The highest BCUT2D eigenvalue weighted by molar-refractivity contribution is 6.16. The van der Waals surface area contributed by atoms with Gasteiger partial charge in [-0.25, -0.2) is 9.78 Å². The van der Waals surface area contributed by atoms with Gasteiger partial charge in [0.05, 0.1) is 23.0 Å². The first-order chi connectivity index (χ1) is 16.0. The maximum atomic E-state index is 13.2. The molecule has 33 heavy (non-hydrogen) atoms. The second kappa shape index (κ2) is 8.27. The Morgan fingerprint density at radius 1 is 1.15 bits per heavy atom. The molecule has 0 unspecified atom stereocenters. The van der Waals surface area contributed by atoms with Gasteiger partial charge >= 0.3 is 6.16 Å². The van der Waals surface area contributed by atoms with Gasteiger partial charge in [-0.3, -0.25) is 9.78 Å². The molecule has 170 valence electrons. The van der Waals surface area contributed by atoms with Crippen LogP contribution in [0.4, 0.5) is 10.7 Å². The lowest BCUT2D eigenvalue weighted by molar-refractivity contribution is 0.104. The van der Waals surface area contributed by atoms with Gasteiger partial charge in [-0.15, -0.1) is 0 Å². The summed E-state index contributed by atoms with van der Waals surface area (Å²) in [5.74, 6) is 0.951. The third-order valence-corrected chi connectivity index (χ3v) is 6.20. The highest BCUT2D eigenvalue weighted by Crippen LogP contribution is 2.36. The van der Waals surface area contributed by atoms with E-state index in [1.807, 2.05) is 37.1 Å². The van der Waals surface area contributed by atoms with Gasteiger partial charge in [0.1, 0.15) is 5.75 Å². The smallest absolute Gasteiger partial charge is 0.434 e. The molecule has 4 aromatic rings. The lowest BCUT2D eigenvalue weighted by atomic mass is 9.99. The van der Waals surface area contributed by atoms with Crippen LogP contribution in [0.3, 0.4) is 0 Å². The number of allylic oxidation sites excluding steroid dienone is 1. The summed E-state index contributed by atoms with van der Waals surface area (Å²) in [5.41, 5.74) is 4.01. The van der Waals surface area contributed by atoms with Gasteiger partial charge < -0.3 is 19.4 Å². The zero-order chi connectivity index (χ0) is 23.1. The molecule has 0 amide bonds. The minimum atomic E-state index is -0.738. The van der Waals surface area contributed by atoms with Crippen LogP contribution >= 0.6 is 0 Å². The maximum absolute atomic E-state index is 13.2. The molecule has 0 fully saturated rings. The zero-order valence-corrected chi connectivity index (χ0v) is 18.9. The molecule has 1 aliphatic heterocycles. The standard InChI is InChI=1S/C25H26N4O4/c1-4-32-25(31)33-16-9-10-18-17(13-16)19-14(2)22-20(15(3)21(19)26-18)23(30)28-24(27-22)29-11-7-5-6-8-12-29/h7,9-11,13,26H,4-6,8,12H2,1-3H3,(H,27,28,30). The Hall–Kier alpha value is -3.81. The molecule has 0 saturated carbocycles. The van der Waals surface area contributed by atoms with Crippen LogP contribution in [0.2, 0.25) is 0 Å². The van der Waals surface area contributed by atoms with Crippen molar-refractivity contribution < 1.29 is 14.3 Å². The summed E-state index contributed by atoms with van der Waals surface area (Å²) in [7, 11) is 0. The fourth-order valence-corrected chi connectivity index (χ4v) is 4.61. The van der Waals surface area contributed by atoms with Crippen molar-refractivity contribution in [1.29, 1.82) is 0 Å². The van der Waals surface area contributed by atoms with Gasteiger partial charge in [0.2, 0.25) is 5.95 Å². The van der Waals surface area contributed by atoms with Crippen LogP contribution in [-0.4, -0.2) is 34.3 Å². The topological polar surface area (TPSA) is 100 Å². The molecule has 2 aromatic heterocycles. The number of nitrogens with one attached hydrogen (secondary N) is 2. The number of ether oxygens (including phenoxy) is 2. The molecule has 1 aliphatic rings. The Morgan fingerprint density at radius 2 is 2.00 bits per heavy atom. The minimum Gasteiger partial charge on any atom is -0.434 e. The van der Waals surface area contributed by atoms with Crippen LogP contribution in [-0.2, 0) is 4.74 Å². The molecule has 0 bridgehead atoms. The van der Waals surface area contributed by atoms with Crippen LogP contribution in [0, 0.1) is 13.8 Å². The van der Waals surface area contributed by atoms with E-state index in [0.29, 0.717) is 22.6 Å². The number of nitrogens with zero attached hydrogens (tertiary/aromatic N) is 2. The van der Waals surface area contributed by atoms with Crippen molar-refractivity contribution in [3.05, 3.63) is 52.0 Å². The highest BCUT2D eigenvalue weighted by atomic mass is 16.7. The Bertz CT molecular complexity index is 1480. The van der Waals surface area contributed by atoms with E-state index < -0.39 is 6.16 Å².